The highest BCUT2D eigenvalue weighted by Gasteiger charge is 2.16. The minimum absolute atomic E-state index is 0.298. The molecule has 2 aromatic heterocycles. The van der Waals surface area contributed by atoms with Crippen LogP contribution < -0.4 is 10.9 Å². The van der Waals surface area contributed by atoms with Crippen LogP contribution in [0.4, 0.5) is 5.69 Å². The second-order valence-corrected chi connectivity index (χ2v) is 9.08. The Kier molecular flexibility index (Phi) is 6.93. The zero-order chi connectivity index (χ0) is 23.4. The van der Waals surface area contributed by atoms with E-state index in [1.807, 2.05) is 12.1 Å². The van der Waals surface area contributed by atoms with Gasteiger partial charge in [0.2, 0.25) is 0 Å². The van der Waals surface area contributed by atoms with Crippen molar-refractivity contribution in [1.29, 1.82) is 0 Å². The van der Waals surface area contributed by atoms with Crippen molar-refractivity contribution in [2.24, 2.45) is 0 Å². The molecule has 2 heterocycles. The first kappa shape index (κ1) is 22.8. The number of carbonyl (C=O) groups is 2. The summed E-state index contributed by atoms with van der Waals surface area (Å²) in [4.78, 5) is 38.0. The number of amides is 1. The van der Waals surface area contributed by atoms with Crippen molar-refractivity contribution in [2.75, 3.05) is 12.4 Å². The van der Waals surface area contributed by atoms with Gasteiger partial charge in [-0.05, 0) is 66.0 Å². The Morgan fingerprint density at radius 3 is 2.45 bits per heavy atom. The topological polar surface area (TPSA) is 90.3 Å². The largest absolute Gasteiger partial charge is 0.465 e. The Morgan fingerprint density at radius 1 is 1.03 bits per heavy atom. The van der Waals surface area contributed by atoms with Crippen LogP contribution in [-0.2, 0) is 4.74 Å². The Morgan fingerprint density at radius 2 is 1.76 bits per heavy atom. The van der Waals surface area contributed by atoms with E-state index < -0.39 is 11.9 Å². The summed E-state index contributed by atoms with van der Waals surface area (Å²) in [6.45, 7) is 0. The maximum atomic E-state index is 12.6. The molecule has 0 saturated heterocycles. The van der Waals surface area contributed by atoms with Gasteiger partial charge in [-0.2, -0.15) is 9.78 Å². The van der Waals surface area contributed by atoms with Crippen molar-refractivity contribution in [2.45, 2.75) is 9.92 Å². The highest BCUT2D eigenvalue weighted by atomic mass is 35.5. The van der Waals surface area contributed by atoms with Crippen LogP contribution in [0, 0.1) is 0 Å². The maximum Gasteiger partial charge on any atom is 0.350 e. The number of nitrogens with one attached hydrogen (secondary N) is 1. The molecule has 0 bridgehead atoms. The first-order chi connectivity index (χ1) is 15.9. The highest BCUT2D eigenvalue weighted by molar-refractivity contribution is 7.99. The lowest BCUT2D eigenvalue weighted by Gasteiger charge is -2.09. The van der Waals surface area contributed by atoms with Crippen LogP contribution in [0.3, 0.4) is 0 Å². The van der Waals surface area contributed by atoms with Crippen molar-refractivity contribution in [3.63, 3.8) is 0 Å². The monoisotopic (exact) mass is 497 g/mol. The SMILES string of the molecule is COC(=O)c1sccc1NC(=O)c1ccc(-n2nc(Sc3ccc(Cl)cc3)ccc2=O)cc1. The number of esters is 1. The van der Waals surface area contributed by atoms with Gasteiger partial charge in [0.25, 0.3) is 11.5 Å². The number of rotatable bonds is 6. The van der Waals surface area contributed by atoms with Crippen molar-refractivity contribution in [3.05, 3.63) is 97.9 Å². The van der Waals surface area contributed by atoms with Crippen molar-refractivity contribution < 1.29 is 14.3 Å². The van der Waals surface area contributed by atoms with E-state index in [0.29, 0.717) is 31.9 Å². The van der Waals surface area contributed by atoms with E-state index in [2.05, 4.69) is 10.4 Å². The molecule has 0 aliphatic rings. The molecule has 4 rings (SSSR count). The van der Waals surface area contributed by atoms with E-state index in [0.717, 1.165) is 4.90 Å². The number of benzene rings is 2. The summed E-state index contributed by atoms with van der Waals surface area (Å²) in [6, 6.07) is 18.5. The fourth-order valence-electron chi connectivity index (χ4n) is 2.86. The van der Waals surface area contributed by atoms with Crippen LogP contribution in [0.15, 0.2) is 86.8 Å². The first-order valence-corrected chi connectivity index (χ1v) is 11.6. The van der Waals surface area contributed by atoms with Crippen LogP contribution in [-0.4, -0.2) is 28.8 Å². The van der Waals surface area contributed by atoms with Gasteiger partial charge in [-0.25, -0.2) is 4.79 Å². The van der Waals surface area contributed by atoms with E-state index in [1.165, 1.54) is 41.0 Å². The molecule has 0 saturated carbocycles. The molecule has 0 atom stereocenters. The molecule has 0 unspecified atom stereocenters. The zero-order valence-corrected chi connectivity index (χ0v) is 19.5. The number of ether oxygens (including phenoxy) is 1. The lowest BCUT2D eigenvalue weighted by atomic mass is 10.2. The number of hydrogen-bond donors (Lipinski definition) is 1. The third-order valence-corrected chi connectivity index (χ3v) is 6.55. The molecule has 0 radical (unpaired) electrons. The normalized spacial score (nSPS) is 10.6. The number of aromatic nitrogens is 2. The minimum Gasteiger partial charge on any atom is -0.465 e. The zero-order valence-electron chi connectivity index (χ0n) is 17.2. The van der Waals surface area contributed by atoms with Crippen LogP contribution in [0.5, 0.6) is 0 Å². The summed E-state index contributed by atoms with van der Waals surface area (Å²) < 4.78 is 6.00. The lowest BCUT2D eigenvalue weighted by Crippen LogP contribution is -2.20. The molecule has 1 amide bonds. The van der Waals surface area contributed by atoms with Crippen molar-refractivity contribution in [1.82, 2.24) is 9.78 Å². The molecule has 1 N–H and O–H groups in total. The van der Waals surface area contributed by atoms with Crippen LogP contribution in [0.25, 0.3) is 5.69 Å². The molecule has 2 aromatic carbocycles. The van der Waals surface area contributed by atoms with Crippen molar-refractivity contribution >= 4 is 52.3 Å². The van der Waals surface area contributed by atoms with Gasteiger partial charge < -0.3 is 10.1 Å². The molecule has 166 valence electrons. The predicted octanol–water partition coefficient (Wildman–Crippen LogP) is 5.14. The summed E-state index contributed by atoms with van der Waals surface area (Å²) in [5, 5.41) is 10.1. The van der Waals surface area contributed by atoms with Gasteiger partial charge in [0, 0.05) is 21.5 Å². The fourth-order valence-corrected chi connectivity index (χ4v) is 4.53. The standard InChI is InChI=1S/C23H16ClN3O4S2/c1-31-23(30)21-18(12-13-32-21)25-22(29)14-2-6-16(7-3-14)27-20(28)11-10-19(26-27)33-17-8-4-15(24)5-9-17/h2-13H,1H3,(H,25,29). The van der Waals surface area contributed by atoms with Crippen LogP contribution in [0.1, 0.15) is 20.0 Å². The first-order valence-electron chi connectivity index (χ1n) is 9.56. The number of carbonyl (C=O) groups excluding carboxylic acids is 2. The van der Waals surface area contributed by atoms with Crippen molar-refractivity contribution in [3.8, 4) is 5.69 Å². The van der Waals surface area contributed by atoms with Gasteiger partial charge in [-0.1, -0.05) is 23.4 Å². The van der Waals surface area contributed by atoms with Gasteiger partial charge >= 0.3 is 5.97 Å². The number of anilines is 1. The molecule has 0 aliphatic carbocycles. The summed E-state index contributed by atoms with van der Waals surface area (Å²) >= 11 is 8.50. The Labute approximate surface area is 202 Å². The Balaban J connectivity index is 1.52. The maximum absolute atomic E-state index is 12.6. The van der Waals surface area contributed by atoms with E-state index in [-0.39, 0.29) is 5.56 Å². The number of nitrogens with zero attached hydrogens (tertiary/aromatic N) is 2. The van der Waals surface area contributed by atoms with Gasteiger partial charge in [-0.3, -0.25) is 9.59 Å². The summed E-state index contributed by atoms with van der Waals surface area (Å²) in [5.74, 6) is -0.907. The lowest BCUT2D eigenvalue weighted by molar-refractivity contribution is 0.0607. The quantitative estimate of drug-likeness (QED) is 0.371. The van der Waals surface area contributed by atoms with Gasteiger partial charge in [0.15, 0.2) is 0 Å². The van der Waals surface area contributed by atoms with Crippen LogP contribution in [0.2, 0.25) is 5.02 Å². The average molecular weight is 498 g/mol. The number of halogens is 1. The molecule has 7 nitrogen and oxygen atoms in total. The van der Waals surface area contributed by atoms with Gasteiger partial charge in [0.1, 0.15) is 9.90 Å². The second kappa shape index (κ2) is 10.0. The Bertz CT molecular complexity index is 1370. The molecule has 10 heteroatoms. The number of thiophene rings is 1. The van der Waals surface area contributed by atoms with Crippen LogP contribution >= 0.6 is 34.7 Å². The predicted molar refractivity (Wildman–Crippen MR) is 129 cm³/mol. The molecule has 0 spiro atoms. The average Bonchev–Trinajstić information content (AvgIpc) is 3.29. The number of hydrogen-bond acceptors (Lipinski definition) is 7. The summed E-state index contributed by atoms with van der Waals surface area (Å²) in [6.07, 6.45) is 0. The van der Waals surface area contributed by atoms with Gasteiger partial charge in [-0.15, -0.1) is 11.3 Å². The fraction of sp³-hybridized carbons (Fsp3) is 0.0435. The minimum atomic E-state index is -0.516. The summed E-state index contributed by atoms with van der Waals surface area (Å²) in [7, 11) is 1.28. The third kappa shape index (κ3) is 5.33. The molecule has 33 heavy (non-hydrogen) atoms. The molecule has 4 aromatic rings. The second-order valence-electron chi connectivity index (χ2n) is 6.63. The van der Waals surface area contributed by atoms with E-state index in [1.54, 1.807) is 53.9 Å². The van der Waals surface area contributed by atoms with Gasteiger partial charge in [0.05, 0.1) is 18.5 Å². The van der Waals surface area contributed by atoms with E-state index >= 15 is 0 Å². The molecular formula is C23H16ClN3O4S2. The highest BCUT2D eigenvalue weighted by Crippen LogP contribution is 2.27. The molecular weight excluding hydrogens is 482 g/mol. The molecule has 0 aliphatic heterocycles. The summed E-state index contributed by atoms with van der Waals surface area (Å²) in [5.41, 5.74) is 0.959. The van der Waals surface area contributed by atoms with E-state index in [9.17, 15) is 14.4 Å². The third-order valence-electron chi connectivity index (χ3n) is 4.47. The van der Waals surface area contributed by atoms with E-state index in [4.69, 9.17) is 16.3 Å². The molecule has 0 fully saturated rings. The number of methoxy groups -OCH3 is 1. The smallest absolute Gasteiger partial charge is 0.350 e. The Hall–Kier alpha value is -3.40.